The van der Waals surface area contributed by atoms with E-state index >= 15 is 0 Å². The normalized spacial score (nSPS) is 20.4. The fourth-order valence-corrected chi connectivity index (χ4v) is 1.98. The zero-order chi connectivity index (χ0) is 11.4. The molecule has 2 rings (SSSR count). The molecule has 1 aromatic carbocycles. The second-order valence-corrected chi connectivity index (χ2v) is 3.99. The predicted molar refractivity (Wildman–Crippen MR) is 63.1 cm³/mol. The van der Waals surface area contributed by atoms with Gasteiger partial charge in [-0.25, -0.2) is 4.79 Å². The van der Waals surface area contributed by atoms with Crippen molar-refractivity contribution in [1.29, 1.82) is 0 Å². The third kappa shape index (κ3) is 2.70. The topological polar surface area (TPSA) is 49.3 Å². The molecule has 3 nitrogen and oxygen atoms in total. The molecule has 0 aromatic heterocycles. The monoisotopic (exact) mass is 217 g/mol. The Kier molecular flexibility index (Phi) is 3.37. The van der Waals surface area contributed by atoms with Crippen LogP contribution in [0.1, 0.15) is 30.0 Å². The molecule has 0 bridgehead atoms. The SMILES string of the molecule is O=C(O)/C=C/c1ccc([C@H]2CCCN2)cc1. The number of rotatable bonds is 3. The molecule has 0 aliphatic carbocycles. The Bertz CT molecular complexity index is 389. The van der Waals surface area contributed by atoms with E-state index in [1.807, 2.05) is 12.1 Å². The molecule has 0 amide bonds. The third-order valence-corrected chi connectivity index (χ3v) is 2.82. The molecule has 2 N–H and O–H groups in total. The van der Waals surface area contributed by atoms with Crippen LogP contribution in [0.25, 0.3) is 6.08 Å². The van der Waals surface area contributed by atoms with Crippen molar-refractivity contribution in [2.24, 2.45) is 0 Å². The molecule has 1 aliphatic heterocycles. The van der Waals surface area contributed by atoms with Crippen LogP contribution < -0.4 is 5.32 Å². The summed E-state index contributed by atoms with van der Waals surface area (Å²) in [5, 5.41) is 11.9. The molecule has 1 fully saturated rings. The van der Waals surface area contributed by atoms with E-state index in [0.717, 1.165) is 18.2 Å². The van der Waals surface area contributed by atoms with Gasteiger partial charge in [0.15, 0.2) is 0 Å². The van der Waals surface area contributed by atoms with Crippen LogP contribution >= 0.6 is 0 Å². The lowest BCUT2D eigenvalue weighted by atomic mass is 10.0. The van der Waals surface area contributed by atoms with Gasteiger partial charge in [-0.3, -0.25) is 0 Å². The summed E-state index contributed by atoms with van der Waals surface area (Å²) in [6, 6.07) is 8.50. The van der Waals surface area contributed by atoms with Crippen molar-refractivity contribution < 1.29 is 9.90 Å². The summed E-state index contributed by atoms with van der Waals surface area (Å²) in [6.07, 6.45) is 5.17. The number of carbonyl (C=O) groups is 1. The van der Waals surface area contributed by atoms with Crippen LogP contribution in [0.15, 0.2) is 30.3 Å². The summed E-state index contributed by atoms with van der Waals surface area (Å²) < 4.78 is 0. The van der Waals surface area contributed by atoms with Crippen molar-refractivity contribution in [2.75, 3.05) is 6.54 Å². The average Bonchev–Trinajstić information content (AvgIpc) is 2.80. The molecule has 84 valence electrons. The van der Waals surface area contributed by atoms with Crippen molar-refractivity contribution in [2.45, 2.75) is 18.9 Å². The second-order valence-electron chi connectivity index (χ2n) is 3.99. The van der Waals surface area contributed by atoms with E-state index in [9.17, 15) is 4.79 Å². The molecule has 0 unspecified atom stereocenters. The average molecular weight is 217 g/mol. The van der Waals surface area contributed by atoms with E-state index in [4.69, 9.17) is 5.11 Å². The van der Waals surface area contributed by atoms with Crippen LogP contribution in [0, 0.1) is 0 Å². The van der Waals surface area contributed by atoms with Gasteiger partial charge in [0.1, 0.15) is 0 Å². The van der Waals surface area contributed by atoms with Gasteiger partial charge in [-0.1, -0.05) is 24.3 Å². The maximum absolute atomic E-state index is 10.4. The Morgan fingerprint density at radius 2 is 2.12 bits per heavy atom. The summed E-state index contributed by atoms with van der Waals surface area (Å²) >= 11 is 0. The number of hydrogen-bond acceptors (Lipinski definition) is 2. The number of aliphatic carboxylic acids is 1. The number of nitrogens with one attached hydrogen (secondary N) is 1. The van der Waals surface area contributed by atoms with Gasteiger partial charge in [0.25, 0.3) is 0 Å². The first-order valence-corrected chi connectivity index (χ1v) is 5.50. The lowest BCUT2D eigenvalue weighted by Gasteiger charge is -2.10. The Morgan fingerprint density at radius 1 is 1.38 bits per heavy atom. The van der Waals surface area contributed by atoms with Crippen molar-refractivity contribution in [3.63, 3.8) is 0 Å². The first-order valence-electron chi connectivity index (χ1n) is 5.50. The summed E-state index contributed by atoms with van der Waals surface area (Å²) in [5.74, 6) is -0.915. The molecule has 1 aromatic rings. The van der Waals surface area contributed by atoms with Crippen LogP contribution in [-0.2, 0) is 4.79 Å². The minimum absolute atomic E-state index is 0.470. The lowest BCUT2D eigenvalue weighted by Crippen LogP contribution is -2.12. The molecule has 1 saturated heterocycles. The van der Waals surface area contributed by atoms with Crippen LogP contribution in [0.2, 0.25) is 0 Å². The van der Waals surface area contributed by atoms with Crippen molar-refractivity contribution in [1.82, 2.24) is 5.32 Å². The van der Waals surface area contributed by atoms with E-state index in [2.05, 4.69) is 17.4 Å². The van der Waals surface area contributed by atoms with Gasteiger partial charge >= 0.3 is 5.97 Å². The molecule has 16 heavy (non-hydrogen) atoms. The van der Waals surface area contributed by atoms with Gasteiger partial charge in [-0.15, -0.1) is 0 Å². The fraction of sp³-hybridized carbons (Fsp3) is 0.308. The highest BCUT2D eigenvalue weighted by molar-refractivity contribution is 5.85. The molecule has 3 heteroatoms. The largest absolute Gasteiger partial charge is 0.478 e. The van der Waals surface area contributed by atoms with Crippen molar-refractivity contribution in [3.8, 4) is 0 Å². The summed E-state index contributed by atoms with van der Waals surface area (Å²) in [6.45, 7) is 1.09. The Hall–Kier alpha value is -1.61. The van der Waals surface area contributed by atoms with Gasteiger partial charge in [-0.2, -0.15) is 0 Å². The highest BCUT2D eigenvalue weighted by atomic mass is 16.4. The zero-order valence-corrected chi connectivity index (χ0v) is 9.02. The molecule has 0 radical (unpaired) electrons. The summed E-state index contributed by atoms with van der Waals surface area (Å²) in [7, 11) is 0. The van der Waals surface area contributed by atoms with Crippen LogP contribution in [-0.4, -0.2) is 17.6 Å². The Balaban J connectivity index is 2.06. The molecule has 0 spiro atoms. The van der Waals surface area contributed by atoms with E-state index in [1.54, 1.807) is 6.08 Å². The van der Waals surface area contributed by atoms with Crippen LogP contribution in [0.5, 0.6) is 0 Å². The van der Waals surface area contributed by atoms with Crippen molar-refractivity contribution in [3.05, 3.63) is 41.5 Å². The molecule has 1 heterocycles. The highest BCUT2D eigenvalue weighted by Gasteiger charge is 2.15. The predicted octanol–water partition coefficient (Wildman–Crippen LogP) is 2.21. The zero-order valence-electron chi connectivity index (χ0n) is 9.02. The van der Waals surface area contributed by atoms with Crippen LogP contribution in [0.4, 0.5) is 0 Å². The maximum atomic E-state index is 10.4. The molecule has 0 saturated carbocycles. The summed E-state index contributed by atoms with van der Waals surface area (Å²) in [5.41, 5.74) is 2.20. The maximum Gasteiger partial charge on any atom is 0.328 e. The quantitative estimate of drug-likeness (QED) is 0.763. The third-order valence-electron chi connectivity index (χ3n) is 2.82. The van der Waals surface area contributed by atoms with E-state index in [-0.39, 0.29) is 0 Å². The second kappa shape index (κ2) is 4.94. The minimum Gasteiger partial charge on any atom is -0.478 e. The number of benzene rings is 1. The minimum atomic E-state index is -0.915. The lowest BCUT2D eigenvalue weighted by molar-refractivity contribution is -0.131. The smallest absolute Gasteiger partial charge is 0.328 e. The van der Waals surface area contributed by atoms with E-state index in [0.29, 0.717) is 6.04 Å². The highest BCUT2D eigenvalue weighted by Crippen LogP contribution is 2.23. The Labute approximate surface area is 94.8 Å². The fourth-order valence-electron chi connectivity index (χ4n) is 1.98. The van der Waals surface area contributed by atoms with Gasteiger partial charge in [0, 0.05) is 12.1 Å². The molecular formula is C13H15NO2. The molecule has 1 aliphatic rings. The van der Waals surface area contributed by atoms with Gasteiger partial charge in [0.05, 0.1) is 0 Å². The Morgan fingerprint density at radius 3 is 2.69 bits per heavy atom. The number of hydrogen-bond donors (Lipinski definition) is 2. The first-order chi connectivity index (χ1) is 7.75. The first kappa shape index (κ1) is 10.9. The standard InChI is InChI=1S/C13H15NO2/c15-13(16)8-5-10-3-6-11(7-4-10)12-2-1-9-14-12/h3-8,12,14H,1-2,9H2,(H,15,16)/b8-5+/t12-/m1/s1. The van der Waals surface area contributed by atoms with E-state index < -0.39 is 5.97 Å². The number of carboxylic acids is 1. The van der Waals surface area contributed by atoms with Crippen LogP contribution in [0.3, 0.4) is 0 Å². The molecule has 1 atom stereocenters. The van der Waals surface area contributed by atoms with Gasteiger partial charge in [0.2, 0.25) is 0 Å². The number of carboxylic acid groups (broad SMARTS) is 1. The van der Waals surface area contributed by atoms with Crippen molar-refractivity contribution >= 4 is 12.0 Å². The van der Waals surface area contributed by atoms with Gasteiger partial charge in [-0.05, 0) is 36.6 Å². The molecular weight excluding hydrogens is 202 g/mol. The summed E-state index contributed by atoms with van der Waals surface area (Å²) in [4.78, 5) is 10.4. The van der Waals surface area contributed by atoms with Gasteiger partial charge < -0.3 is 10.4 Å². The van der Waals surface area contributed by atoms with E-state index in [1.165, 1.54) is 18.4 Å².